The Kier molecular flexibility index (Phi) is 4.18. The minimum Gasteiger partial charge on any atom is -0.396 e. The smallest absolute Gasteiger partial charge is 0.265 e. The SMILES string of the molecule is CN(C)C(=O)c1sc(N2CCC(O)C2)c(S(C)(=O)=O)c1N. The monoisotopic (exact) mass is 333 g/mol. The van der Waals surface area contributed by atoms with Gasteiger partial charge in [-0.2, -0.15) is 0 Å². The van der Waals surface area contributed by atoms with E-state index in [1.165, 1.54) is 4.90 Å². The maximum atomic E-state index is 12.1. The van der Waals surface area contributed by atoms with E-state index < -0.39 is 15.9 Å². The van der Waals surface area contributed by atoms with Crippen molar-refractivity contribution in [2.45, 2.75) is 17.4 Å². The molecule has 2 rings (SSSR count). The number of aliphatic hydroxyl groups is 1. The number of hydrogen-bond acceptors (Lipinski definition) is 7. The number of anilines is 2. The first-order valence-electron chi connectivity index (χ1n) is 6.40. The van der Waals surface area contributed by atoms with Gasteiger partial charge < -0.3 is 20.6 Å². The van der Waals surface area contributed by atoms with E-state index in [0.717, 1.165) is 17.6 Å². The second-order valence-corrected chi connectivity index (χ2v) is 8.29. The number of aliphatic hydroxyl groups excluding tert-OH is 1. The molecule has 0 saturated carbocycles. The molecule has 118 valence electrons. The molecule has 1 fully saturated rings. The summed E-state index contributed by atoms with van der Waals surface area (Å²) in [6, 6.07) is 0. The van der Waals surface area contributed by atoms with Gasteiger partial charge in [-0.1, -0.05) is 0 Å². The summed E-state index contributed by atoms with van der Waals surface area (Å²) < 4.78 is 24.1. The van der Waals surface area contributed by atoms with Crippen LogP contribution in [-0.2, 0) is 9.84 Å². The lowest BCUT2D eigenvalue weighted by molar-refractivity contribution is 0.0833. The minimum absolute atomic E-state index is 0.00223. The van der Waals surface area contributed by atoms with Gasteiger partial charge in [-0.3, -0.25) is 4.79 Å². The van der Waals surface area contributed by atoms with Gasteiger partial charge in [0.2, 0.25) is 0 Å². The molecule has 0 bridgehead atoms. The fourth-order valence-corrected chi connectivity index (χ4v) is 5.04. The van der Waals surface area contributed by atoms with Crippen LogP contribution in [0.1, 0.15) is 16.1 Å². The number of rotatable bonds is 3. The molecule has 21 heavy (non-hydrogen) atoms. The first-order chi connectivity index (χ1) is 9.62. The fourth-order valence-electron chi connectivity index (χ4n) is 2.27. The van der Waals surface area contributed by atoms with Gasteiger partial charge >= 0.3 is 0 Å². The molecule has 1 atom stereocenters. The summed E-state index contributed by atoms with van der Waals surface area (Å²) in [6.07, 6.45) is 1.15. The normalized spacial score (nSPS) is 19.0. The lowest BCUT2D eigenvalue weighted by Gasteiger charge is -2.17. The maximum absolute atomic E-state index is 12.1. The van der Waals surface area contributed by atoms with Crippen molar-refractivity contribution in [3.63, 3.8) is 0 Å². The van der Waals surface area contributed by atoms with Crippen LogP contribution in [0, 0.1) is 0 Å². The topological polar surface area (TPSA) is 104 Å². The third kappa shape index (κ3) is 2.99. The highest BCUT2D eigenvalue weighted by Gasteiger charge is 2.33. The molecule has 7 nitrogen and oxygen atoms in total. The summed E-state index contributed by atoms with van der Waals surface area (Å²) in [6.45, 7) is 0.886. The Morgan fingerprint density at radius 1 is 1.48 bits per heavy atom. The second kappa shape index (κ2) is 5.47. The molecular weight excluding hydrogens is 314 g/mol. The molecule has 1 saturated heterocycles. The number of nitrogens with two attached hydrogens (primary N) is 1. The largest absolute Gasteiger partial charge is 0.396 e. The first kappa shape index (κ1) is 16.1. The molecule has 1 amide bonds. The highest BCUT2D eigenvalue weighted by Crippen LogP contribution is 2.43. The minimum atomic E-state index is -3.57. The molecule has 1 aromatic rings. The van der Waals surface area contributed by atoms with Crippen molar-refractivity contribution in [2.24, 2.45) is 0 Å². The number of thiophene rings is 1. The number of β-amino-alcohol motifs (C(OH)–C–C–N with tert-alkyl or cyclic N) is 1. The van der Waals surface area contributed by atoms with Gasteiger partial charge in [0.25, 0.3) is 5.91 Å². The molecule has 2 heterocycles. The summed E-state index contributed by atoms with van der Waals surface area (Å²) in [5.41, 5.74) is 5.92. The third-order valence-corrected chi connectivity index (χ3v) is 5.84. The summed E-state index contributed by atoms with van der Waals surface area (Å²) in [5, 5.41) is 10.1. The van der Waals surface area contributed by atoms with Gasteiger partial charge in [0.1, 0.15) is 14.8 Å². The van der Waals surface area contributed by atoms with Crippen LogP contribution in [0.4, 0.5) is 10.7 Å². The first-order valence-corrected chi connectivity index (χ1v) is 9.10. The Labute approximate surface area is 127 Å². The van der Waals surface area contributed by atoms with Gasteiger partial charge in [-0.15, -0.1) is 11.3 Å². The average molecular weight is 333 g/mol. The van der Waals surface area contributed by atoms with Gasteiger partial charge in [0.15, 0.2) is 9.84 Å². The van der Waals surface area contributed by atoms with E-state index in [9.17, 15) is 18.3 Å². The van der Waals surface area contributed by atoms with Crippen molar-refractivity contribution in [2.75, 3.05) is 44.1 Å². The molecule has 1 unspecified atom stereocenters. The van der Waals surface area contributed by atoms with Crippen LogP contribution in [0.5, 0.6) is 0 Å². The van der Waals surface area contributed by atoms with Crippen molar-refractivity contribution >= 4 is 37.8 Å². The number of carbonyl (C=O) groups is 1. The molecular formula is C12H19N3O4S2. The number of sulfone groups is 1. The summed E-state index contributed by atoms with van der Waals surface area (Å²) in [7, 11) is -0.398. The van der Waals surface area contributed by atoms with E-state index in [2.05, 4.69) is 0 Å². The number of hydrogen-bond donors (Lipinski definition) is 2. The molecule has 1 aliphatic rings. The van der Waals surface area contributed by atoms with Gasteiger partial charge in [0.05, 0.1) is 11.8 Å². The Morgan fingerprint density at radius 2 is 2.10 bits per heavy atom. The highest BCUT2D eigenvalue weighted by molar-refractivity contribution is 7.91. The Bertz CT molecular complexity index is 666. The number of amides is 1. The highest BCUT2D eigenvalue weighted by atomic mass is 32.2. The van der Waals surface area contributed by atoms with E-state index in [1.807, 2.05) is 0 Å². The quantitative estimate of drug-likeness (QED) is 0.807. The number of carbonyl (C=O) groups excluding carboxylic acids is 1. The van der Waals surface area contributed by atoms with E-state index in [4.69, 9.17) is 5.73 Å². The zero-order valence-electron chi connectivity index (χ0n) is 12.2. The van der Waals surface area contributed by atoms with Crippen LogP contribution in [-0.4, -0.2) is 63.9 Å². The fraction of sp³-hybridized carbons (Fsp3) is 0.583. The van der Waals surface area contributed by atoms with Crippen LogP contribution in [0.25, 0.3) is 0 Å². The Morgan fingerprint density at radius 3 is 2.52 bits per heavy atom. The zero-order valence-corrected chi connectivity index (χ0v) is 13.8. The summed E-state index contributed by atoms with van der Waals surface area (Å²) in [4.78, 5) is 15.5. The number of nitrogens with zero attached hydrogens (tertiary/aromatic N) is 2. The van der Waals surface area contributed by atoms with Gasteiger partial charge in [-0.05, 0) is 6.42 Å². The van der Waals surface area contributed by atoms with Crippen molar-refractivity contribution in [1.82, 2.24) is 4.90 Å². The predicted molar refractivity (Wildman–Crippen MR) is 82.7 cm³/mol. The average Bonchev–Trinajstić information content (AvgIpc) is 2.91. The van der Waals surface area contributed by atoms with Gasteiger partial charge in [-0.25, -0.2) is 8.42 Å². The van der Waals surface area contributed by atoms with Crippen LogP contribution >= 0.6 is 11.3 Å². The molecule has 3 N–H and O–H groups in total. The van der Waals surface area contributed by atoms with Crippen LogP contribution in [0.3, 0.4) is 0 Å². The number of nitrogen functional groups attached to an aromatic ring is 1. The molecule has 0 aromatic carbocycles. The molecule has 0 radical (unpaired) electrons. The molecule has 0 aliphatic carbocycles. The zero-order chi connectivity index (χ0) is 15.9. The Balaban J connectivity index is 2.58. The van der Waals surface area contributed by atoms with Crippen molar-refractivity contribution < 1.29 is 18.3 Å². The predicted octanol–water partition coefficient (Wildman–Crippen LogP) is 0.00660. The van der Waals surface area contributed by atoms with Crippen LogP contribution in [0.2, 0.25) is 0 Å². The standard InChI is InChI=1S/C12H19N3O4S2/c1-14(2)11(17)9-8(13)10(21(3,18)19)12(20-9)15-5-4-7(16)6-15/h7,16H,4-6,13H2,1-3H3. The van der Waals surface area contributed by atoms with E-state index >= 15 is 0 Å². The van der Waals surface area contributed by atoms with Crippen molar-refractivity contribution in [1.29, 1.82) is 0 Å². The molecule has 9 heteroatoms. The van der Waals surface area contributed by atoms with Crippen molar-refractivity contribution in [3.8, 4) is 0 Å². The molecule has 1 aromatic heterocycles. The summed E-state index contributed by atoms with van der Waals surface area (Å²) in [5.74, 6) is -0.326. The van der Waals surface area contributed by atoms with E-state index in [0.29, 0.717) is 24.5 Å². The Hall–Kier alpha value is -1.32. The van der Waals surface area contributed by atoms with Crippen LogP contribution in [0.15, 0.2) is 4.90 Å². The molecule has 0 spiro atoms. The van der Waals surface area contributed by atoms with E-state index in [1.54, 1.807) is 19.0 Å². The van der Waals surface area contributed by atoms with Crippen LogP contribution < -0.4 is 10.6 Å². The third-order valence-electron chi connectivity index (χ3n) is 3.30. The van der Waals surface area contributed by atoms with Crippen molar-refractivity contribution in [3.05, 3.63) is 4.88 Å². The van der Waals surface area contributed by atoms with Gasteiger partial charge in [0, 0.05) is 33.4 Å². The van der Waals surface area contributed by atoms with E-state index in [-0.39, 0.29) is 21.4 Å². The lowest BCUT2D eigenvalue weighted by Crippen LogP contribution is -2.22. The summed E-state index contributed by atoms with van der Waals surface area (Å²) >= 11 is 1.07. The molecule has 1 aliphatic heterocycles. The maximum Gasteiger partial charge on any atom is 0.265 e. The lowest BCUT2D eigenvalue weighted by atomic mass is 10.3. The second-order valence-electron chi connectivity index (χ2n) is 5.34.